The van der Waals surface area contributed by atoms with Gasteiger partial charge in [-0.2, -0.15) is 0 Å². The van der Waals surface area contributed by atoms with Gasteiger partial charge in [-0.3, -0.25) is 4.79 Å². The first-order valence-electron chi connectivity index (χ1n) is 6.31. The van der Waals surface area contributed by atoms with Gasteiger partial charge < -0.3 is 9.64 Å². The van der Waals surface area contributed by atoms with Crippen LogP contribution in [0.1, 0.15) is 31.1 Å². The van der Waals surface area contributed by atoms with Crippen molar-refractivity contribution in [3.63, 3.8) is 0 Å². The number of morpholine rings is 1. The maximum absolute atomic E-state index is 13.7. The predicted octanol–water partition coefficient (Wildman–Crippen LogP) is 2.74. The van der Waals surface area contributed by atoms with Crippen molar-refractivity contribution >= 4 is 5.91 Å². The summed E-state index contributed by atoms with van der Waals surface area (Å²) in [5.74, 6) is -5.06. The maximum Gasteiger partial charge on any atom is 0.257 e. The molecule has 0 spiro atoms. The van der Waals surface area contributed by atoms with Gasteiger partial charge in [-0.1, -0.05) is 0 Å². The number of rotatable bonds is 1. The molecule has 0 aromatic heterocycles. The molecule has 1 aliphatic heterocycles. The van der Waals surface area contributed by atoms with Gasteiger partial charge in [-0.15, -0.1) is 0 Å². The van der Waals surface area contributed by atoms with Crippen LogP contribution >= 0.6 is 0 Å². The Balaban J connectivity index is 2.38. The molecule has 1 aromatic carbocycles. The van der Waals surface area contributed by atoms with E-state index in [4.69, 9.17) is 4.74 Å². The van der Waals surface area contributed by atoms with E-state index >= 15 is 0 Å². The zero-order valence-corrected chi connectivity index (χ0v) is 11.5. The molecule has 1 saturated heterocycles. The second kappa shape index (κ2) is 5.09. The summed E-state index contributed by atoms with van der Waals surface area (Å²) >= 11 is 0. The Hall–Kier alpha value is -1.56. The van der Waals surface area contributed by atoms with Crippen LogP contribution < -0.4 is 0 Å². The van der Waals surface area contributed by atoms with Gasteiger partial charge in [0.25, 0.3) is 5.91 Å². The van der Waals surface area contributed by atoms with E-state index in [9.17, 15) is 18.0 Å². The van der Waals surface area contributed by atoms with E-state index in [-0.39, 0.29) is 12.6 Å². The molecule has 110 valence electrons. The topological polar surface area (TPSA) is 29.5 Å². The second-order valence-electron chi connectivity index (χ2n) is 5.57. The van der Waals surface area contributed by atoms with Crippen molar-refractivity contribution in [3.05, 3.63) is 35.1 Å². The Kier molecular flexibility index (Phi) is 3.77. The van der Waals surface area contributed by atoms with Gasteiger partial charge in [0.2, 0.25) is 0 Å². The number of amides is 1. The standard InChI is InChI=1S/C14H16F3NO2/c1-8-6-18(14(2,3)7-20-8)13(19)9-4-5-10(15)12(17)11(9)16/h4-5,8H,6-7H2,1-3H3. The molecule has 1 atom stereocenters. The van der Waals surface area contributed by atoms with Crippen LogP contribution in [0.4, 0.5) is 13.2 Å². The van der Waals surface area contributed by atoms with E-state index < -0.39 is 34.5 Å². The van der Waals surface area contributed by atoms with Crippen LogP contribution in [0, 0.1) is 17.5 Å². The fourth-order valence-corrected chi connectivity index (χ4v) is 2.18. The van der Waals surface area contributed by atoms with Crippen molar-refractivity contribution in [2.45, 2.75) is 32.4 Å². The Bertz CT molecular complexity index is 545. The summed E-state index contributed by atoms with van der Waals surface area (Å²) in [6, 6.07) is 1.72. The van der Waals surface area contributed by atoms with Crippen molar-refractivity contribution in [3.8, 4) is 0 Å². The summed E-state index contributed by atoms with van der Waals surface area (Å²) in [6.07, 6.45) is -0.194. The summed E-state index contributed by atoms with van der Waals surface area (Å²) in [5, 5.41) is 0. The minimum Gasteiger partial charge on any atom is -0.374 e. The fourth-order valence-electron chi connectivity index (χ4n) is 2.18. The third-order valence-corrected chi connectivity index (χ3v) is 3.40. The van der Waals surface area contributed by atoms with E-state index in [0.717, 1.165) is 12.1 Å². The van der Waals surface area contributed by atoms with Crippen LogP contribution in [0.15, 0.2) is 12.1 Å². The molecular formula is C14H16F3NO2. The average Bonchev–Trinajstić information content (AvgIpc) is 2.38. The summed E-state index contributed by atoms with van der Waals surface area (Å²) in [5.41, 5.74) is -1.10. The first-order chi connectivity index (χ1) is 9.24. The molecule has 1 unspecified atom stereocenters. The second-order valence-corrected chi connectivity index (χ2v) is 5.57. The van der Waals surface area contributed by atoms with Gasteiger partial charge in [0.15, 0.2) is 17.5 Å². The molecule has 1 fully saturated rings. The zero-order chi connectivity index (χ0) is 15.1. The molecule has 0 aliphatic carbocycles. The summed E-state index contributed by atoms with van der Waals surface area (Å²) in [6.45, 7) is 5.90. The molecule has 2 rings (SSSR count). The highest BCUT2D eigenvalue weighted by molar-refractivity contribution is 5.95. The molecule has 0 saturated carbocycles. The zero-order valence-electron chi connectivity index (χ0n) is 11.5. The molecule has 0 radical (unpaired) electrons. The lowest BCUT2D eigenvalue weighted by molar-refractivity contribution is -0.0757. The SMILES string of the molecule is CC1CN(C(=O)c2ccc(F)c(F)c2F)C(C)(C)CO1. The third kappa shape index (κ3) is 2.52. The Labute approximate surface area is 115 Å². The van der Waals surface area contributed by atoms with E-state index in [2.05, 4.69) is 0 Å². The molecule has 1 aromatic rings. The van der Waals surface area contributed by atoms with Crippen molar-refractivity contribution in [2.75, 3.05) is 13.2 Å². The molecule has 3 nitrogen and oxygen atoms in total. The third-order valence-electron chi connectivity index (χ3n) is 3.40. The lowest BCUT2D eigenvalue weighted by atomic mass is 9.99. The van der Waals surface area contributed by atoms with E-state index in [0.29, 0.717) is 6.61 Å². The normalized spacial score (nSPS) is 21.9. The average molecular weight is 287 g/mol. The highest BCUT2D eigenvalue weighted by Gasteiger charge is 2.38. The summed E-state index contributed by atoms with van der Waals surface area (Å²) in [7, 11) is 0. The molecule has 1 aliphatic rings. The molecule has 1 amide bonds. The molecular weight excluding hydrogens is 271 g/mol. The predicted molar refractivity (Wildman–Crippen MR) is 66.8 cm³/mol. The van der Waals surface area contributed by atoms with Crippen LogP contribution in [-0.2, 0) is 4.74 Å². The molecule has 1 heterocycles. The number of hydrogen-bond donors (Lipinski definition) is 0. The summed E-state index contributed by atoms with van der Waals surface area (Å²) in [4.78, 5) is 13.8. The monoisotopic (exact) mass is 287 g/mol. The van der Waals surface area contributed by atoms with Gasteiger partial charge in [0.05, 0.1) is 23.8 Å². The number of halogens is 3. The lowest BCUT2D eigenvalue weighted by Crippen LogP contribution is -2.57. The first-order valence-corrected chi connectivity index (χ1v) is 6.31. The van der Waals surface area contributed by atoms with E-state index in [1.807, 2.05) is 0 Å². The Morgan fingerprint density at radius 3 is 2.60 bits per heavy atom. The Morgan fingerprint density at radius 2 is 1.95 bits per heavy atom. The van der Waals surface area contributed by atoms with Crippen molar-refractivity contribution in [2.24, 2.45) is 0 Å². The number of nitrogens with zero attached hydrogens (tertiary/aromatic N) is 1. The molecule has 6 heteroatoms. The Morgan fingerprint density at radius 1 is 1.30 bits per heavy atom. The van der Waals surface area contributed by atoms with Crippen LogP contribution in [0.25, 0.3) is 0 Å². The van der Waals surface area contributed by atoms with Crippen LogP contribution in [-0.4, -0.2) is 35.6 Å². The number of carbonyl (C=O) groups is 1. The first kappa shape index (κ1) is 14.8. The molecule has 0 N–H and O–H groups in total. The van der Waals surface area contributed by atoms with Gasteiger partial charge in [-0.25, -0.2) is 13.2 Å². The number of benzene rings is 1. The van der Waals surface area contributed by atoms with Crippen LogP contribution in [0.5, 0.6) is 0 Å². The van der Waals surface area contributed by atoms with Gasteiger partial charge in [0.1, 0.15) is 0 Å². The maximum atomic E-state index is 13.7. The van der Waals surface area contributed by atoms with Gasteiger partial charge in [-0.05, 0) is 32.9 Å². The number of hydrogen-bond acceptors (Lipinski definition) is 2. The van der Waals surface area contributed by atoms with Crippen molar-refractivity contribution < 1.29 is 22.7 Å². The fraction of sp³-hybridized carbons (Fsp3) is 0.500. The van der Waals surface area contributed by atoms with E-state index in [1.54, 1.807) is 20.8 Å². The minimum absolute atomic E-state index is 0.194. The van der Waals surface area contributed by atoms with Gasteiger partial charge in [0, 0.05) is 6.54 Å². The van der Waals surface area contributed by atoms with Crippen LogP contribution in [0.3, 0.4) is 0 Å². The molecule has 0 bridgehead atoms. The highest BCUT2D eigenvalue weighted by Crippen LogP contribution is 2.26. The largest absolute Gasteiger partial charge is 0.374 e. The van der Waals surface area contributed by atoms with Gasteiger partial charge >= 0.3 is 0 Å². The molecule has 20 heavy (non-hydrogen) atoms. The van der Waals surface area contributed by atoms with Crippen LogP contribution in [0.2, 0.25) is 0 Å². The summed E-state index contributed by atoms with van der Waals surface area (Å²) < 4.78 is 45.3. The minimum atomic E-state index is -1.63. The lowest BCUT2D eigenvalue weighted by Gasteiger charge is -2.44. The number of ether oxygens (including phenoxy) is 1. The van der Waals surface area contributed by atoms with E-state index in [1.165, 1.54) is 4.90 Å². The number of carbonyl (C=O) groups excluding carboxylic acids is 1. The van der Waals surface area contributed by atoms with Crippen molar-refractivity contribution in [1.29, 1.82) is 0 Å². The van der Waals surface area contributed by atoms with Crippen molar-refractivity contribution in [1.82, 2.24) is 4.90 Å². The smallest absolute Gasteiger partial charge is 0.257 e. The quantitative estimate of drug-likeness (QED) is 0.743. The highest BCUT2D eigenvalue weighted by atomic mass is 19.2.